The third-order valence-corrected chi connectivity index (χ3v) is 3.25. The molecule has 0 aliphatic heterocycles. The molecule has 0 fully saturated rings. The molecule has 88 valence electrons. The largest absolute Gasteiger partial charge is 0.479 e. The average molecular weight is 310 g/mol. The average Bonchev–Trinajstić information content (AvgIpc) is 2.17. The van der Waals surface area contributed by atoms with Crippen molar-refractivity contribution < 1.29 is 23.2 Å². The second-order valence-electron chi connectivity index (χ2n) is 2.72. The summed E-state index contributed by atoms with van der Waals surface area (Å²) in [4.78, 5) is 16.1. The number of nitrogens with one attached hydrogen (secondary N) is 1. The van der Waals surface area contributed by atoms with Gasteiger partial charge in [0.1, 0.15) is 0 Å². The Kier molecular flexibility index (Phi) is 4.42. The Labute approximate surface area is 100 Å². The maximum atomic E-state index is 11.5. The summed E-state index contributed by atoms with van der Waals surface area (Å²) < 4.78 is 23.7. The Morgan fingerprint density at radius 2 is 1.94 bits per heavy atom. The van der Waals surface area contributed by atoms with Crippen LogP contribution >= 0.6 is 15.9 Å². The van der Waals surface area contributed by atoms with Gasteiger partial charge < -0.3 is 5.11 Å². The second kappa shape index (κ2) is 5.39. The number of carboxylic acids is 1. The Morgan fingerprint density at radius 3 is 2.44 bits per heavy atom. The van der Waals surface area contributed by atoms with Crippen molar-refractivity contribution in [3.05, 3.63) is 28.7 Å². The lowest BCUT2D eigenvalue weighted by atomic mass is 10.4. The molecule has 0 heterocycles. The lowest BCUT2D eigenvalue weighted by Gasteiger charge is -2.05. The molecule has 0 aliphatic rings. The minimum Gasteiger partial charge on any atom is -0.479 e. The Morgan fingerprint density at radius 1 is 1.38 bits per heavy atom. The molecule has 0 amide bonds. The molecular weight excluding hydrogens is 302 g/mol. The van der Waals surface area contributed by atoms with E-state index in [-0.39, 0.29) is 4.90 Å². The van der Waals surface area contributed by atoms with Crippen molar-refractivity contribution in [3.63, 3.8) is 0 Å². The first-order valence-electron chi connectivity index (χ1n) is 4.03. The molecule has 0 radical (unpaired) electrons. The van der Waals surface area contributed by atoms with Crippen LogP contribution in [0.2, 0.25) is 0 Å². The van der Waals surface area contributed by atoms with E-state index in [1.807, 2.05) is 0 Å². The van der Waals surface area contributed by atoms with Gasteiger partial charge in [-0.05, 0) is 24.3 Å². The maximum absolute atomic E-state index is 11.5. The van der Waals surface area contributed by atoms with Gasteiger partial charge in [-0.2, -0.15) is 0 Å². The molecule has 0 aliphatic carbocycles. The molecule has 16 heavy (non-hydrogen) atoms. The van der Waals surface area contributed by atoms with Gasteiger partial charge >= 0.3 is 5.97 Å². The van der Waals surface area contributed by atoms with E-state index in [2.05, 4.69) is 20.8 Å². The lowest BCUT2D eigenvalue weighted by Crippen LogP contribution is -2.26. The zero-order valence-corrected chi connectivity index (χ0v) is 10.3. The lowest BCUT2D eigenvalue weighted by molar-refractivity contribution is -0.143. The maximum Gasteiger partial charge on any atom is 0.331 e. The third kappa shape index (κ3) is 3.89. The van der Waals surface area contributed by atoms with Crippen molar-refractivity contribution in [2.45, 2.75) is 4.90 Å². The van der Waals surface area contributed by atoms with Crippen molar-refractivity contribution in [1.29, 1.82) is 0 Å². The van der Waals surface area contributed by atoms with Gasteiger partial charge in [0.15, 0.2) is 6.61 Å². The number of carboxylic acid groups (broad SMARTS) is 1. The van der Waals surface area contributed by atoms with Gasteiger partial charge in [0, 0.05) is 4.47 Å². The van der Waals surface area contributed by atoms with Crippen LogP contribution in [0.4, 0.5) is 0 Å². The molecule has 6 nitrogen and oxygen atoms in total. The van der Waals surface area contributed by atoms with Gasteiger partial charge in [-0.1, -0.05) is 20.8 Å². The predicted molar refractivity (Wildman–Crippen MR) is 58.1 cm³/mol. The standard InChI is InChI=1S/C8H8BrNO5S/c9-6-1-3-7(4-2-6)16(13,14)10-15-5-8(11)12/h1-4,10H,5H2,(H,11,12). The van der Waals surface area contributed by atoms with E-state index < -0.39 is 22.6 Å². The summed E-state index contributed by atoms with van der Waals surface area (Å²) in [5, 5.41) is 8.25. The van der Waals surface area contributed by atoms with Crippen LogP contribution in [0.5, 0.6) is 0 Å². The number of benzene rings is 1. The fraction of sp³-hybridized carbons (Fsp3) is 0.125. The van der Waals surface area contributed by atoms with Crippen LogP contribution in [-0.4, -0.2) is 26.1 Å². The minimum atomic E-state index is -3.83. The molecule has 0 aromatic heterocycles. The second-order valence-corrected chi connectivity index (χ2v) is 5.28. The number of aliphatic carboxylic acids is 1. The smallest absolute Gasteiger partial charge is 0.331 e. The Hall–Kier alpha value is -0.960. The summed E-state index contributed by atoms with van der Waals surface area (Å²) in [6.07, 6.45) is 0. The Bertz CT molecular complexity index is 470. The molecule has 2 N–H and O–H groups in total. The van der Waals surface area contributed by atoms with Gasteiger partial charge in [0.2, 0.25) is 0 Å². The highest BCUT2D eigenvalue weighted by atomic mass is 79.9. The van der Waals surface area contributed by atoms with Crippen LogP contribution in [0.1, 0.15) is 0 Å². The Balaban J connectivity index is 2.71. The molecule has 0 bridgehead atoms. The fourth-order valence-corrected chi connectivity index (χ4v) is 1.90. The zero-order valence-electron chi connectivity index (χ0n) is 7.88. The predicted octanol–water partition coefficient (Wildman–Crippen LogP) is 0.744. The number of rotatable bonds is 5. The monoisotopic (exact) mass is 309 g/mol. The van der Waals surface area contributed by atoms with Crippen molar-refractivity contribution >= 4 is 31.9 Å². The summed E-state index contributed by atoms with van der Waals surface area (Å²) in [5.41, 5.74) is 0. The molecule has 0 saturated carbocycles. The van der Waals surface area contributed by atoms with E-state index in [1.54, 1.807) is 17.0 Å². The highest BCUT2D eigenvalue weighted by Gasteiger charge is 2.14. The van der Waals surface area contributed by atoms with Gasteiger partial charge in [-0.3, -0.25) is 4.84 Å². The van der Waals surface area contributed by atoms with Crippen molar-refractivity contribution in [2.24, 2.45) is 0 Å². The number of hydrogen-bond acceptors (Lipinski definition) is 4. The molecule has 8 heteroatoms. The SMILES string of the molecule is O=C(O)CONS(=O)(=O)c1ccc(Br)cc1. The highest BCUT2D eigenvalue weighted by Crippen LogP contribution is 2.14. The van der Waals surface area contributed by atoms with Crippen LogP contribution in [0.15, 0.2) is 33.6 Å². The quantitative estimate of drug-likeness (QED) is 0.783. The highest BCUT2D eigenvalue weighted by molar-refractivity contribution is 9.10. The van der Waals surface area contributed by atoms with Gasteiger partial charge in [-0.15, -0.1) is 0 Å². The minimum absolute atomic E-state index is 0.0129. The van der Waals surface area contributed by atoms with Crippen molar-refractivity contribution in [3.8, 4) is 0 Å². The molecule has 1 aromatic rings. The third-order valence-electron chi connectivity index (χ3n) is 1.49. The summed E-state index contributed by atoms with van der Waals surface area (Å²) in [7, 11) is -3.83. The molecule has 0 saturated heterocycles. The summed E-state index contributed by atoms with van der Waals surface area (Å²) in [6.45, 7) is -0.740. The van der Waals surface area contributed by atoms with Crippen LogP contribution in [0.25, 0.3) is 0 Å². The van der Waals surface area contributed by atoms with Crippen LogP contribution < -0.4 is 4.89 Å². The molecule has 1 aromatic carbocycles. The fourth-order valence-electron chi connectivity index (χ4n) is 0.831. The summed E-state index contributed by atoms with van der Waals surface area (Å²) >= 11 is 3.16. The van der Waals surface area contributed by atoms with Crippen LogP contribution in [0.3, 0.4) is 0 Å². The first kappa shape index (κ1) is 13.1. The van der Waals surface area contributed by atoms with Crippen molar-refractivity contribution in [2.75, 3.05) is 6.61 Å². The van der Waals surface area contributed by atoms with E-state index in [0.717, 1.165) is 4.47 Å². The zero-order chi connectivity index (χ0) is 12.2. The van der Waals surface area contributed by atoms with Gasteiger partial charge in [-0.25, -0.2) is 13.2 Å². The normalized spacial score (nSPS) is 11.3. The van der Waals surface area contributed by atoms with Crippen LogP contribution in [-0.2, 0) is 19.7 Å². The van der Waals surface area contributed by atoms with E-state index in [0.29, 0.717) is 0 Å². The summed E-state index contributed by atoms with van der Waals surface area (Å²) in [6, 6.07) is 5.81. The number of carbonyl (C=O) groups is 1. The summed E-state index contributed by atoms with van der Waals surface area (Å²) in [5.74, 6) is -1.27. The van der Waals surface area contributed by atoms with E-state index in [1.165, 1.54) is 12.1 Å². The van der Waals surface area contributed by atoms with E-state index in [9.17, 15) is 13.2 Å². The van der Waals surface area contributed by atoms with E-state index >= 15 is 0 Å². The number of sulfonamides is 1. The van der Waals surface area contributed by atoms with E-state index in [4.69, 9.17) is 5.11 Å². The molecular formula is C8H8BrNO5S. The van der Waals surface area contributed by atoms with Gasteiger partial charge in [0.25, 0.3) is 10.0 Å². The molecule has 0 spiro atoms. The topological polar surface area (TPSA) is 92.7 Å². The first-order valence-corrected chi connectivity index (χ1v) is 6.30. The van der Waals surface area contributed by atoms with Gasteiger partial charge in [0.05, 0.1) is 4.90 Å². The number of hydrogen-bond donors (Lipinski definition) is 2. The van der Waals surface area contributed by atoms with Crippen LogP contribution in [0, 0.1) is 0 Å². The first-order chi connectivity index (χ1) is 7.42. The van der Waals surface area contributed by atoms with Crippen molar-refractivity contribution in [1.82, 2.24) is 4.89 Å². The molecule has 1 rings (SSSR count). The number of halogens is 1. The molecule has 0 unspecified atom stereocenters. The molecule has 0 atom stereocenters.